The van der Waals surface area contributed by atoms with Gasteiger partial charge in [-0.3, -0.25) is 19.2 Å². The zero-order valence-corrected chi connectivity index (χ0v) is 25.5. The summed E-state index contributed by atoms with van der Waals surface area (Å²) < 4.78 is 16.7. The van der Waals surface area contributed by atoms with Crippen molar-refractivity contribution >= 4 is 29.5 Å². The summed E-state index contributed by atoms with van der Waals surface area (Å²) in [4.78, 5) is 65.9. The van der Waals surface area contributed by atoms with Crippen molar-refractivity contribution in [1.29, 1.82) is 0 Å². The number of rotatable bonds is 8. The fraction of sp³-hybridized carbons (Fsp3) is 0.594. The second kappa shape index (κ2) is 12.1. The van der Waals surface area contributed by atoms with E-state index in [4.69, 9.17) is 14.2 Å². The monoisotopic (exact) mass is 586 g/mol. The fourth-order valence-electron chi connectivity index (χ4n) is 6.58. The number of carbonyl (C=O) groups is 5. The largest absolute Gasteiger partial charge is 0.455 e. The Labute approximate surface area is 246 Å². The molecule has 1 aromatic carbocycles. The van der Waals surface area contributed by atoms with Crippen LogP contribution in [0.2, 0.25) is 0 Å². The first kappa shape index (κ1) is 33.1. The molecule has 2 aliphatic rings. The van der Waals surface area contributed by atoms with E-state index in [1.165, 1.54) is 26.0 Å². The van der Waals surface area contributed by atoms with Gasteiger partial charge in [0.25, 0.3) is 0 Å². The molecule has 0 aromatic heterocycles. The van der Waals surface area contributed by atoms with E-state index in [0.29, 0.717) is 5.57 Å². The first-order valence-electron chi connectivity index (χ1n) is 14.1. The Kier molecular flexibility index (Phi) is 9.54. The van der Waals surface area contributed by atoms with Crippen LogP contribution in [0.4, 0.5) is 0 Å². The van der Waals surface area contributed by atoms with Crippen molar-refractivity contribution in [3.05, 3.63) is 47.5 Å². The van der Waals surface area contributed by atoms with E-state index in [-0.39, 0.29) is 18.4 Å². The van der Waals surface area contributed by atoms with Gasteiger partial charge in [-0.25, -0.2) is 4.79 Å². The molecule has 0 spiro atoms. The molecule has 1 fully saturated rings. The molecule has 0 radical (unpaired) electrons. The highest BCUT2D eigenvalue weighted by molar-refractivity contribution is 5.99. The maximum Gasteiger partial charge on any atom is 0.338 e. The first-order valence-corrected chi connectivity index (χ1v) is 14.1. The van der Waals surface area contributed by atoms with Crippen LogP contribution in [0.15, 0.2) is 42.0 Å². The zero-order chi connectivity index (χ0) is 31.8. The van der Waals surface area contributed by atoms with Crippen molar-refractivity contribution in [3.8, 4) is 0 Å². The van der Waals surface area contributed by atoms with Crippen LogP contribution in [0.3, 0.4) is 0 Å². The topological polar surface area (TPSA) is 154 Å². The summed E-state index contributed by atoms with van der Waals surface area (Å²) in [5.74, 6) is -5.82. The Morgan fingerprint density at radius 3 is 2.14 bits per heavy atom. The van der Waals surface area contributed by atoms with E-state index in [0.717, 1.165) is 13.8 Å². The summed E-state index contributed by atoms with van der Waals surface area (Å²) in [5.41, 5.74) is -4.17. The second-order valence-corrected chi connectivity index (χ2v) is 12.5. The van der Waals surface area contributed by atoms with Crippen LogP contribution in [0.5, 0.6) is 0 Å². The van der Waals surface area contributed by atoms with Gasteiger partial charge in [0.05, 0.1) is 17.6 Å². The number of ether oxygens (including phenoxy) is 3. The molecule has 0 saturated heterocycles. The lowest BCUT2D eigenvalue weighted by Crippen LogP contribution is -2.68. The molecule has 1 saturated carbocycles. The van der Waals surface area contributed by atoms with Gasteiger partial charge in [0.2, 0.25) is 0 Å². The molecule has 10 nitrogen and oxygen atoms in total. The van der Waals surface area contributed by atoms with E-state index in [2.05, 4.69) is 0 Å². The quantitative estimate of drug-likeness (QED) is 0.263. The van der Waals surface area contributed by atoms with E-state index in [1.54, 1.807) is 52.0 Å². The molecule has 3 rings (SSSR count). The van der Waals surface area contributed by atoms with Gasteiger partial charge in [-0.1, -0.05) is 52.0 Å². The van der Waals surface area contributed by atoms with Gasteiger partial charge >= 0.3 is 17.9 Å². The summed E-state index contributed by atoms with van der Waals surface area (Å²) in [5, 5.41) is 23.4. The fourth-order valence-corrected chi connectivity index (χ4v) is 6.58. The molecule has 0 heterocycles. The van der Waals surface area contributed by atoms with Gasteiger partial charge in [0, 0.05) is 31.1 Å². The third-order valence-corrected chi connectivity index (χ3v) is 9.16. The van der Waals surface area contributed by atoms with Crippen LogP contribution in [0.1, 0.15) is 78.6 Å². The lowest BCUT2D eigenvalue weighted by molar-refractivity contribution is -0.208. The van der Waals surface area contributed by atoms with Gasteiger partial charge in [0.1, 0.15) is 11.7 Å². The molecule has 42 heavy (non-hydrogen) atoms. The van der Waals surface area contributed by atoms with Crippen molar-refractivity contribution in [2.75, 3.05) is 0 Å². The van der Waals surface area contributed by atoms with Crippen LogP contribution >= 0.6 is 0 Å². The molecule has 8 unspecified atom stereocenters. The minimum atomic E-state index is -2.07. The van der Waals surface area contributed by atoms with E-state index < -0.39 is 82.2 Å². The summed E-state index contributed by atoms with van der Waals surface area (Å²) in [6.45, 7) is 12.0. The molecule has 2 N–H and O–H groups in total. The summed E-state index contributed by atoms with van der Waals surface area (Å²) in [6, 6.07) is 7.97. The van der Waals surface area contributed by atoms with Gasteiger partial charge in [-0.2, -0.15) is 0 Å². The number of Topliss-reactive ketones (excluding diaryl/α,β-unsaturated/α-hetero) is 2. The minimum absolute atomic E-state index is 0.0211. The SMILES string of the molecule is CC(=O)OC(C)C(=O)C1(C)C(C)CC(OC(C)=O)C(=O)C1C(OC(=O)c1ccccc1)C1(O)CC(O)C(C)=CC1(C)C. The van der Waals surface area contributed by atoms with Gasteiger partial charge in [-0.05, 0) is 43.9 Å². The maximum absolute atomic E-state index is 14.4. The molecule has 0 aliphatic heterocycles. The van der Waals surface area contributed by atoms with E-state index in [9.17, 15) is 34.2 Å². The minimum Gasteiger partial charge on any atom is -0.455 e. The molecule has 8 atom stereocenters. The molecule has 230 valence electrons. The van der Waals surface area contributed by atoms with Crippen LogP contribution in [-0.4, -0.2) is 69.7 Å². The van der Waals surface area contributed by atoms with Crippen LogP contribution < -0.4 is 0 Å². The second-order valence-electron chi connectivity index (χ2n) is 12.5. The molecule has 0 amide bonds. The maximum atomic E-state index is 14.4. The number of benzene rings is 1. The van der Waals surface area contributed by atoms with Crippen molar-refractivity contribution in [3.63, 3.8) is 0 Å². The summed E-state index contributed by atoms with van der Waals surface area (Å²) in [6.07, 6.45) is -4.06. The number of carbonyl (C=O) groups excluding carboxylic acids is 5. The van der Waals surface area contributed by atoms with Crippen LogP contribution in [-0.2, 0) is 33.4 Å². The molecule has 1 aromatic rings. The van der Waals surface area contributed by atoms with Crippen LogP contribution in [0, 0.1) is 22.7 Å². The molecular formula is C32H42O10. The Morgan fingerprint density at radius 2 is 1.60 bits per heavy atom. The van der Waals surface area contributed by atoms with Crippen molar-refractivity contribution < 1.29 is 48.4 Å². The Balaban J connectivity index is 2.31. The highest BCUT2D eigenvalue weighted by atomic mass is 16.6. The Hall–Kier alpha value is -3.37. The normalized spacial score (nSPS) is 32.1. The highest BCUT2D eigenvalue weighted by Gasteiger charge is 2.66. The predicted octanol–water partition coefficient (Wildman–Crippen LogP) is 3.36. The van der Waals surface area contributed by atoms with Gasteiger partial charge in [-0.15, -0.1) is 0 Å². The third-order valence-electron chi connectivity index (χ3n) is 9.16. The van der Waals surface area contributed by atoms with Crippen molar-refractivity contribution in [2.24, 2.45) is 22.7 Å². The molecule has 10 heteroatoms. The highest BCUT2D eigenvalue weighted by Crippen LogP contribution is 2.55. The third kappa shape index (κ3) is 6.06. The number of hydrogen-bond donors (Lipinski definition) is 2. The first-order chi connectivity index (χ1) is 19.4. The van der Waals surface area contributed by atoms with E-state index >= 15 is 0 Å². The van der Waals surface area contributed by atoms with Crippen LogP contribution in [0.25, 0.3) is 0 Å². The molecular weight excluding hydrogens is 544 g/mol. The zero-order valence-electron chi connectivity index (χ0n) is 25.5. The number of hydrogen-bond acceptors (Lipinski definition) is 10. The average molecular weight is 587 g/mol. The summed E-state index contributed by atoms with van der Waals surface area (Å²) >= 11 is 0. The Morgan fingerprint density at radius 1 is 1.00 bits per heavy atom. The molecule has 2 aliphatic carbocycles. The van der Waals surface area contributed by atoms with Crippen molar-refractivity contribution in [2.45, 2.75) is 98.2 Å². The number of esters is 3. The lowest BCUT2D eigenvalue weighted by Gasteiger charge is -2.56. The van der Waals surface area contributed by atoms with E-state index in [1.807, 2.05) is 0 Å². The standard InChI is InChI=1S/C32H42O10/c1-17-15-30(6,7)32(39,16-23(17)35)28(42-29(38)22-12-10-9-11-13-22)25-26(36)24(41-21(5)34)14-18(2)31(25,8)27(37)19(3)40-20(4)33/h9-13,15,18-19,23-25,28,35,39H,14,16H2,1-8H3. The predicted molar refractivity (Wildman–Crippen MR) is 151 cm³/mol. The van der Waals surface area contributed by atoms with Gasteiger partial charge in [0.15, 0.2) is 23.8 Å². The van der Waals surface area contributed by atoms with Gasteiger partial charge < -0.3 is 24.4 Å². The van der Waals surface area contributed by atoms with Crippen molar-refractivity contribution in [1.82, 2.24) is 0 Å². The molecule has 0 bridgehead atoms. The number of aliphatic hydroxyl groups is 2. The Bertz CT molecular complexity index is 1270. The average Bonchev–Trinajstić information content (AvgIpc) is 2.89. The smallest absolute Gasteiger partial charge is 0.338 e. The summed E-state index contributed by atoms with van der Waals surface area (Å²) in [7, 11) is 0. The number of ketones is 2. The lowest BCUT2D eigenvalue weighted by atomic mass is 9.51. The number of aliphatic hydroxyl groups excluding tert-OH is 1.